The summed E-state index contributed by atoms with van der Waals surface area (Å²) in [5.41, 5.74) is 6.15. The van der Waals surface area contributed by atoms with Gasteiger partial charge in [-0.25, -0.2) is 4.79 Å². The van der Waals surface area contributed by atoms with E-state index < -0.39 is 0 Å². The zero-order chi connectivity index (χ0) is 14.5. The molecule has 0 aromatic carbocycles. The molecule has 0 radical (unpaired) electrons. The van der Waals surface area contributed by atoms with E-state index in [1.807, 2.05) is 0 Å². The molecule has 4 N–H and O–H groups in total. The Morgan fingerprint density at radius 3 is 2.95 bits per heavy atom. The summed E-state index contributed by atoms with van der Waals surface area (Å²) < 4.78 is 0. The number of hydrogen-bond donors (Lipinski definition) is 3. The molecule has 0 aliphatic heterocycles. The molecule has 20 heavy (non-hydrogen) atoms. The fourth-order valence-corrected chi connectivity index (χ4v) is 2.02. The fraction of sp³-hybridized carbons (Fsp3) is 0.462. The molecule has 1 fully saturated rings. The summed E-state index contributed by atoms with van der Waals surface area (Å²) in [5.74, 6) is 0.309. The zero-order valence-corrected chi connectivity index (χ0v) is 11.9. The fourth-order valence-electron chi connectivity index (χ4n) is 1.80. The van der Waals surface area contributed by atoms with Crippen LogP contribution in [-0.2, 0) is 6.42 Å². The van der Waals surface area contributed by atoms with Gasteiger partial charge in [0.25, 0.3) is 0 Å². The summed E-state index contributed by atoms with van der Waals surface area (Å²) in [6.07, 6.45) is 4.41. The molecule has 2 rings (SSSR count). The standard InChI is InChI=1S/C13H18ClN5O/c14-10-2-1-6-17-11(10)5-7-19(12(15)16)13(20)18-8-9-3-4-9/h1-2,6,9H,3-5,7-8H2,(H3,15,16)(H,18,20). The summed E-state index contributed by atoms with van der Waals surface area (Å²) >= 11 is 6.01. The van der Waals surface area contributed by atoms with Gasteiger partial charge in [-0.1, -0.05) is 11.6 Å². The van der Waals surface area contributed by atoms with E-state index in [0.29, 0.717) is 29.6 Å². The van der Waals surface area contributed by atoms with Crippen molar-refractivity contribution in [2.45, 2.75) is 19.3 Å². The molecule has 0 bridgehead atoms. The summed E-state index contributed by atoms with van der Waals surface area (Å²) in [6, 6.07) is 3.16. The van der Waals surface area contributed by atoms with E-state index in [2.05, 4.69) is 10.3 Å². The molecule has 1 heterocycles. The van der Waals surface area contributed by atoms with Crippen LogP contribution in [0.2, 0.25) is 5.02 Å². The molecule has 2 amide bonds. The van der Waals surface area contributed by atoms with Gasteiger partial charge in [-0.3, -0.25) is 15.3 Å². The van der Waals surface area contributed by atoms with Gasteiger partial charge in [0.15, 0.2) is 5.96 Å². The predicted molar refractivity (Wildman–Crippen MR) is 77.7 cm³/mol. The van der Waals surface area contributed by atoms with Crippen LogP contribution in [0.25, 0.3) is 0 Å². The molecule has 0 unspecified atom stereocenters. The quantitative estimate of drug-likeness (QED) is 0.568. The average Bonchev–Trinajstić information content (AvgIpc) is 3.22. The van der Waals surface area contributed by atoms with E-state index in [0.717, 1.165) is 12.8 Å². The number of nitrogens with one attached hydrogen (secondary N) is 2. The summed E-state index contributed by atoms with van der Waals surface area (Å²) in [7, 11) is 0. The summed E-state index contributed by atoms with van der Waals surface area (Å²) in [5, 5.41) is 10.8. The van der Waals surface area contributed by atoms with Crippen LogP contribution in [0.3, 0.4) is 0 Å². The molecule has 7 heteroatoms. The lowest BCUT2D eigenvalue weighted by Crippen LogP contribution is -2.48. The number of halogens is 1. The molecular formula is C13H18ClN5O. The van der Waals surface area contributed by atoms with E-state index in [4.69, 9.17) is 22.7 Å². The summed E-state index contributed by atoms with van der Waals surface area (Å²) in [4.78, 5) is 17.3. The van der Waals surface area contributed by atoms with Crippen LogP contribution >= 0.6 is 11.6 Å². The monoisotopic (exact) mass is 295 g/mol. The van der Waals surface area contributed by atoms with Crippen molar-refractivity contribution < 1.29 is 4.79 Å². The first-order valence-corrected chi connectivity index (χ1v) is 6.94. The van der Waals surface area contributed by atoms with Crippen LogP contribution in [0.15, 0.2) is 18.3 Å². The van der Waals surface area contributed by atoms with E-state index in [-0.39, 0.29) is 18.5 Å². The van der Waals surface area contributed by atoms with Gasteiger partial charge in [0.05, 0.1) is 10.7 Å². The van der Waals surface area contributed by atoms with Crippen LogP contribution < -0.4 is 11.1 Å². The van der Waals surface area contributed by atoms with Crippen LogP contribution in [0.5, 0.6) is 0 Å². The number of aromatic nitrogens is 1. The smallest absolute Gasteiger partial charge is 0.324 e. The molecule has 0 atom stereocenters. The van der Waals surface area contributed by atoms with Crippen molar-refractivity contribution in [3.8, 4) is 0 Å². The number of pyridine rings is 1. The third-order valence-corrected chi connectivity index (χ3v) is 3.53. The van der Waals surface area contributed by atoms with Crippen molar-refractivity contribution in [1.29, 1.82) is 5.41 Å². The highest BCUT2D eigenvalue weighted by atomic mass is 35.5. The Bertz CT molecular complexity index is 503. The van der Waals surface area contributed by atoms with Gasteiger partial charge >= 0.3 is 6.03 Å². The number of carbonyl (C=O) groups excluding carboxylic acids is 1. The molecule has 6 nitrogen and oxygen atoms in total. The number of amides is 2. The van der Waals surface area contributed by atoms with Gasteiger partial charge in [-0.15, -0.1) is 0 Å². The second kappa shape index (κ2) is 6.56. The summed E-state index contributed by atoms with van der Waals surface area (Å²) in [6.45, 7) is 0.926. The van der Waals surface area contributed by atoms with Crippen LogP contribution in [-0.4, -0.2) is 35.0 Å². The minimum absolute atomic E-state index is 0.273. The lowest BCUT2D eigenvalue weighted by Gasteiger charge is -2.21. The lowest BCUT2D eigenvalue weighted by atomic mass is 10.2. The van der Waals surface area contributed by atoms with Crippen molar-refractivity contribution >= 4 is 23.6 Å². The van der Waals surface area contributed by atoms with Gasteiger partial charge in [-0.05, 0) is 30.9 Å². The maximum absolute atomic E-state index is 12.0. The average molecular weight is 296 g/mol. The van der Waals surface area contributed by atoms with Crippen LogP contribution in [0.1, 0.15) is 18.5 Å². The largest absolute Gasteiger partial charge is 0.370 e. The molecule has 108 valence electrons. The first-order chi connectivity index (χ1) is 9.58. The number of nitrogens with zero attached hydrogens (tertiary/aromatic N) is 2. The van der Waals surface area contributed by atoms with Gasteiger partial charge in [0, 0.05) is 25.7 Å². The maximum atomic E-state index is 12.0. The molecule has 1 aromatic heterocycles. The molecule has 0 saturated heterocycles. The molecule has 1 saturated carbocycles. The number of nitrogens with two attached hydrogens (primary N) is 1. The van der Waals surface area contributed by atoms with Crippen molar-refractivity contribution in [3.63, 3.8) is 0 Å². The first-order valence-electron chi connectivity index (χ1n) is 6.56. The zero-order valence-electron chi connectivity index (χ0n) is 11.1. The molecule has 0 spiro atoms. The van der Waals surface area contributed by atoms with E-state index in [9.17, 15) is 4.79 Å². The first kappa shape index (κ1) is 14.6. The highest BCUT2D eigenvalue weighted by Crippen LogP contribution is 2.27. The van der Waals surface area contributed by atoms with Crippen LogP contribution in [0, 0.1) is 11.3 Å². The second-order valence-electron chi connectivity index (χ2n) is 4.85. The minimum atomic E-state index is -0.337. The second-order valence-corrected chi connectivity index (χ2v) is 5.26. The van der Waals surface area contributed by atoms with Crippen molar-refractivity contribution in [3.05, 3.63) is 29.0 Å². The third-order valence-electron chi connectivity index (χ3n) is 3.18. The topological polar surface area (TPSA) is 95.1 Å². The van der Waals surface area contributed by atoms with Crippen LogP contribution in [0.4, 0.5) is 4.79 Å². The predicted octanol–water partition coefficient (Wildman–Crippen LogP) is 1.59. The van der Waals surface area contributed by atoms with Crippen molar-refractivity contribution in [1.82, 2.24) is 15.2 Å². The number of urea groups is 1. The lowest BCUT2D eigenvalue weighted by molar-refractivity contribution is 0.220. The van der Waals surface area contributed by atoms with Gasteiger partial charge < -0.3 is 11.1 Å². The normalized spacial score (nSPS) is 13.8. The maximum Gasteiger partial charge on any atom is 0.324 e. The highest BCUT2D eigenvalue weighted by molar-refractivity contribution is 6.31. The minimum Gasteiger partial charge on any atom is -0.370 e. The van der Waals surface area contributed by atoms with Crippen molar-refractivity contribution in [2.24, 2.45) is 11.7 Å². The van der Waals surface area contributed by atoms with E-state index in [1.165, 1.54) is 4.90 Å². The van der Waals surface area contributed by atoms with Gasteiger partial charge in [0.2, 0.25) is 0 Å². The Kier molecular flexibility index (Phi) is 4.79. The Balaban J connectivity index is 1.89. The molecule has 1 aliphatic rings. The molecule has 1 aliphatic carbocycles. The Morgan fingerprint density at radius 1 is 1.60 bits per heavy atom. The van der Waals surface area contributed by atoms with E-state index >= 15 is 0 Å². The number of rotatable bonds is 5. The SMILES string of the molecule is N=C(N)N(CCc1ncccc1Cl)C(=O)NCC1CC1. The van der Waals surface area contributed by atoms with Gasteiger partial charge in [-0.2, -0.15) is 0 Å². The Morgan fingerprint density at radius 2 is 2.35 bits per heavy atom. The van der Waals surface area contributed by atoms with Gasteiger partial charge in [0.1, 0.15) is 0 Å². The molecular weight excluding hydrogens is 278 g/mol. The van der Waals surface area contributed by atoms with E-state index in [1.54, 1.807) is 18.3 Å². The highest BCUT2D eigenvalue weighted by Gasteiger charge is 2.24. The number of hydrogen-bond acceptors (Lipinski definition) is 3. The van der Waals surface area contributed by atoms with Crippen molar-refractivity contribution in [2.75, 3.05) is 13.1 Å². The third kappa shape index (κ3) is 4.09. The molecule has 1 aromatic rings. The Labute approximate surface area is 122 Å². The number of guanidine groups is 1. The Hall–Kier alpha value is -1.82. The number of carbonyl (C=O) groups is 1.